The second-order valence-corrected chi connectivity index (χ2v) is 5.74. The highest BCUT2D eigenvalue weighted by Crippen LogP contribution is 2.35. The van der Waals surface area contributed by atoms with Crippen LogP contribution in [-0.2, 0) is 27.3 Å². The number of rotatable bonds is 7. The molecule has 7 heteroatoms. The fraction of sp³-hybridized carbons (Fsp3) is 0.316. The molecule has 2 aromatic carbocycles. The molecule has 1 aliphatic heterocycles. The molecule has 1 heterocycles. The predicted octanol–water partition coefficient (Wildman–Crippen LogP) is 3.09. The van der Waals surface area contributed by atoms with E-state index in [1.165, 1.54) is 6.07 Å². The number of hydrogen-bond acceptors (Lipinski definition) is 5. The van der Waals surface area contributed by atoms with Gasteiger partial charge in [0.05, 0.1) is 32.3 Å². The second kappa shape index (κ2) is 8.16. The van der Waals surface area contributed by atoms with Gasteiger partial charge < -0.3 is 24.1 Å². The van der Waals surface area contributed by atoms with Crippen molar-refractivity contribution in [3.05, 3.63) is 58.9 Å². The molecule has 6 nitrogen and oxygen atoms in total. The zero-order chi connectivity index (χ0) is 18.5. The number of benzene rings is 2. The summed E-state index contributed by atoms with van der Waals surface area (Å²) in [5, 5.41) is 8.95. The van der Waals surface area contributed by atoms with Crippen molar-refractivity contribution in [2.45, 2.75) is 19.3 Å². The van der Waals surface area contributed by atoms with E-state index in [0.717, 1.165) is 5.56 Å². The summed E-state index contributed by atoms with van der Waals surface area (Å²) in [5.74, 6) is -1.17. The largest absolute Gasteiger partial charge is 0.497 e. The number of carboxylic acid groups (broad SMARTS) is 1. The van der Waals surface area contributed by atoms with Gasteiger partial charge in [-0.3, -0.25) is 4.79 Å². The normalized spacial score (nSPS) is 14.4. The molecule has 0 aliphatic carbocycles. The van der Waals surface area contributed by atoms with E-state index in [4.69, 9.17) is 24.1 Å². The van der Waals surface area contributed by atoms with Crippen LogP contribution in [0.1, 0.15) is 23.0 Å². The standard InChI is InChI=1S/C19H19FO6/c1-23-14-5-2-12(3-6-14)11-26-18-15(19-24-8-9-25-19)7-4-13(17(18)20)10-16(21)22/h2-7,19H,8-11H2,1H3,(H,21,22). The van der Waals surface area contributed by atoms with Crippen LogP contribution in [0.5, 0.6) is 11.5 Å². The highest BCUT2D eigenvalue weighted by molar-refractivity contribution is 5.70. The van der Waals surface area contributed by atoms with E-state index >= 15 is 0 Å². The van der Waals surface area contributed by atoms with Gasteiger partial charge in [-0.2, -0.15) is 0 Å². The van der Waals surface area contributed by atoms with Crippen molar-refractivity contribution < 1.29 is 33.2 Å². The van der Waals surface area contributed by atoms with Gasteiger partial charge in [0.15, 0.2) is 17.9 Å². The first-order valence-electron chi connectivity index (χ1n) is 8.10. The highest BCUT2D eigenvalue weighted by atomic mass is 19.1. The molecule has 1 N–H and O–H groups in total. The van der Waals surface area contributed by atoms with Crippen molar-refractivity contribution in [3.8, 4) is 11.5 Å². The van der Waals surface area contributed by atoms with Crippen LogP contribution in [0.4, 0.5) is 4.39 Å². The summed E-state index contributed by atoms with van der Waals surface area (Å²) in [4.78, 5) is 10.9. The Morgan fingerprint density at radius 1 is 1.19 bits per heavy atom. The second-order valence-electron chi connectivity index (χ2n) is 5.74. The summed E-state index contributed by atoms with van der Waals surface area (Å²) in [6.45, 7) is 0.916. The van der Waals surface area contributed by atoms with E-state index in [9.17, 15) is 9.18 Å². The molecule has 3 rings (SSSR count). The van der Waals surface area contributed by atoms with E-state index in [1.54, 1.807) is 37.4 Å². The van der Waals surface area contributed by atoms with Crippen molar-refractivity contribution >= 4 is 5.97 Å². The van der Waals surface area contributed by atoms with Crippen LogP contribution in [0.25, 0.3) is 0 Å². The summed E-state index contributed by atoms with van der Waals surface area (Å²) < 4.78 is 36.5. The molecule has 1 fully saturated rings. The molecule has 0 atom stereocenters. The molecule has 0 spiro atoms. The van der Waals surface area contributed by atoms with E-state index in [2.05, 4.69) is 0 Å². The Balaban J connectivity index is 1.86. The highest BCUT2D eigenvalue weighted by Gasteiger charge is 2.26. The van der Waals surface area contributed by atoms with Crippen LogP contribution in [0.2, 0.25) is 0 Å². The first kappa shape index (κ1) is 18.2. The van der Waals surface area contributed by atoms with E-state index < -0.39 is 24.5 Å². The molecule has 138 valence electrons. The molecule has 0 amide bonds. The lowest BCUT2D eigenvalue weighted by Gasteiger charge is -2.18. The Bertz CT molecular complexity index is 768. The maximum absolute atomic E-state index is 14.8. The zero-order valence-electron chi connectivity index (χ0n) is 14.2. The maximum Gasteiger partial charge on any atom is 0.307 e. The molecule has 0 bridgehead atoms. The molecule has 0 unspecified atom stereocenters. The Morgan fingerprint density at radius 3 is 2.50 bits per heavy atom. The minimum atomic E-state index is -1.12. The lowest BCUT2D eigenvalue weighted by atomic mass is 10.1. The number of hydrogen-bond donors (Lipinski definition) is 1. The number of carboxylic acids is 1. The van der Waals surface area contributed by atoms with Crippen molar-refractivity contribution in [2.75, 3.05) is 20.3 Å². The third-order valence-corrected chi connectivity index (χ3v) is 3.97. The molecule has 1 saturated heterocycles. The van der Waals surface area contributed by atoms with Gasteiger partial charge >= 0.3 is 5.97 Å². The topological polar surface area (TPSA) is 74.2 Å². The lowest BCUT2D eigenvalue weighted by molar-refractivity contribution is -0.136. The summed E-state index contributed by atoms with van der Waals surface area (Å²) in [7, 11) is 1.57. The first-order chi connectivity index (χ1) is 12.6. The molecule has 0 saturated carbocycles. The van der Waals surface area contributed by atoms with Crippen LogP contribution in [-0.4, -0.2) is 31.4 Å². The van der Waals surface area contributed by atoms with Gasteiger partial charge in [-0.05, 0) is 23.8 Å². The number of ether oxygens (including phenoxy) is 4. The predicted molar refractivity (Wildman–Crippen MR) is 89.7 cm³/mol. The third-order valence-electron chi connectivity index (χ3n) is 3.97. The Hall–Kier alpha value is -2.64. The Labute approximate surface area is 150 Å². The minimum Gasteiger partial charge on any atom is -0.497 e. The maximum atomic E-state index is 14.8. The molecule has 26 heavy (non-hydrogen) atoms. The summed E-state index contributed by atoms with van der Waals surface area (Å²) >= 11 is 0. The molecule has 0 radical (unpaired) electrons. The van der Waals surface area contributed by atoms with Gasteiger partial charge in [-0.25, -0.2) is 4.39 Å². The average molecular weight is 362 g/mol. The van der Waals surface area contributed by atoms with Gasteiger partial charge in [0.2, 0.25) is 0 Å². The fourth-order valence-corrected chi connectivity index (χ4v) is 2.66. The van der Waals surface area contributed by atoms with Crippen molar-refractivity contribution in [3.63, 3.8) is 0 Å². The summed E-state index contributed by atoms with van der Waals surface area (Å²) in [6, 6.07) is 10.2. The smallest absolute Gasteiger partial charge is 0.307 e. The number of methoxy groups -OCH3 is 1. The van der Waals surface area contributed by atoms with Crippen LogP contribution >= 0.6 is 0 Å². The molecular formula is C19H19FO6. The van der Waals surface area contributed by atoms with E-state index in [1.807, 2.05) is 0 Å². The first-order valence-corrected chi connectivity index (χ1v) is 8.10. The minimum absolute atomic E-state index is 0.0453. The van der Waals surface area contributed by atoms with Gasteiger partial charge in [-0.15, -0.1) is 0 Å². The molecular weight excluding hydrogens is 343 g/mol. The van der Waals surface area contributed by atoms with Crippen molar-refractivity contribution in [2.24, 2.45) is 0 Å². The Kier molecular flexibility index (Phi) is 5.70. The Morgan fingerprint density at radius 2 is 1.88 bits per heavy atom. The zero-order valence-corrected chi connectivity index (χ0v) is 14.2. The van der Waals surface area contributed by atoms with Crippen LogP contribution in [0.3, 0.4) is 0 Å². The van der Waals surface area contributed by atoms with Gasteiger partial charge in [-0.1, -0.05) is 18.2 Å². The SMILES string of the molecule is COc1ccc(COc2c(C3OCCO3)ccc(CC(=O)O)c2F)cc1. The number of aliphatic carboxylic acids is 1. The molecule has 1 aliphatic rings. The van der Waals surface area contributed by atoms with E-state index in [-0.39, 0.29) is 17.9 Å². The monoisotopic (exact) mass is 362 g/mol. The lowest BCUT2D eigenvalue weighted by Crippen LogP contribution is -2.10. The van der Waals surface area contributed by atoms with Gasteiger partial charge in [0.25, 0.3) is 0 Å². The van der Waals surface area contributed by atoms with Crippen molar-refractivity contribution in [1.29, 1.82) is 0 Å². The van der Waals surface area contributed by atoms with Crippen molar-refractivity contribution in [1.82, 2.24) is 0 Å². The van der Waals surface area contributed by atoms with Gasteiger partial charge in [0.1, 0.15) is 12.4 Å². The fourth-order valence-electron chi connectivity index (χ4n) is 2.66. The van der Waals surface area contributed by atoms with E-state index in [0.29, 0.717) is 24.5 Å². The van der Waals surface area contributed by atoms with Gasteiger partial charge in [0, 0.05) is 5.56 Å². The summed E-state index contributed by atoms with van der Waals surface area (Å²) in [6.07, 6.45) is -1.16. The van der Waals surface area contributed by atoms with Crippen LogP contribution in [0, 0.1) is 5.82 Å². The number of carbonyl (C=O) groups is 1. The molecule has 0 aromatic heterocycles. The average Bonchev–Trinajstić information content (AvgIpc) is 3.17. The molecule has 2 aromatic rings. The quantitative estimate of drug-likeness (QED) is 0.816. The van der Waals surface area contributed by atoms with Crippen LogP contribution in [0.15, 0.2) is 36.4 Å². The number of halogens is 1. The third kappa shape index (κ3) is 4.12. The summed E-state index contributed by atoms with van der Waals surface area (Å²) in [5.41, 5.74) is 1.26. The van der Waals surface area contributed by atoms with Crippen LogP contribution < -0.4 is 9.47 Å².